The zero-order valence-corrected chi connectivity index (χ0v) is 11.3. The summed E-state index contributed by atoms with van der Waals surface area (Å²) in [4.78, 5) is 12.1. The van der Waals surface area contributed by atoms with Gasteiger partial charge in [-0.3, -0.25) is 4.79 Å². The molecule has 0 aliphatic heterocycles. The number of ether oxygens (including phenoxy) is 1. The van der Waals surface area contributed by atoms with E-state index in [0.29, 0.717) is 28.5 Å². The zero-order valence-electron chi connectivity index (χ0n) is 11.3. The van der Waals surface area contributed by atoms with Crippen molar-refractivity contribution >= 4 is 11.6 Å². The van der Waals surface area contributed by atoms with Crippen LogP contribution in [0.1, 0.15) is 21.9 Å². The van der Waals surface area contributed by atoms with Crippen molar-refractivity contribution in [2.75, 3.05) is 11.9 Å². The van der Waals surface area contributed by atoms with E-state index in [-0.39, 0.29) is 12.5 Å². The van der Waals surface area contributed by atoms with Gasteiger partial charge in [0.2, 0.25) is 0 Å². The van der Waals surface area contributed by atoms with Gasteiger partial charge in [0.25, 0.3) is 5.91 Å². The molecule has 5 heteroatoms. The van der Waals surface area contributed by atoms with Gasteiger partial charge < -0.3 is 14.5 Å². The van der Waals surface area contributed by atoms with E-state index in [9.17, 15) is 4.79 Å². The van der Waals surface area contributed by atoms with Crippen molar-refractivity contribution < 1.29 is 13.9 Å². The predicted octanol–water partition coefficient (Wildman–Crippen LogP) is 3.05. The second-order valence-electron chi connectivity index (χ2n) is 4.26. The largest absolute Gasteiger partial charge is 0.479 e. The molecule has 5 nitrogen and oxygen atoms in total. The van der Waals surface area contributed by atoms with Gasteiger partial charge in [-0.15, -0.1) is 0 Å². The van der Waals surface area contributed by atoms with Gasteiger partial charge in [-0.2, -0.15) is 5.26 Å². The number of hydrogen-bond acceptors (Lipinski definition) is 4. The normalized spacial score (nSPS) is 9.85. The Balaban J connectivity index is 2.12. The number of aryl methyl sites for hydroxylation is 2. The zero-order chi connectivity index (χ0) is 14.5. The molecule has 1 aromatic heterocycles. The summed E-state index contributed by atoms with van der Waals surface area (Å²) in [7, 11) is 0. The number of nitrogens with zero attached hydrogens (tertiary/aromatic N) is 1. The molecule has 0 unspecified atom stereocenters. The molecule has 2 rings (SSSR count). The molecule has 0 aliphatic carbocycles. The summed E-state index contributed by atoms with van der Waals surface area (Å²) in [6.07, 6.45) is 0. The van der Waals surface area contributed by atoms with Gasteiger partial charge in [0, 0.05) is 11.8 Å². The number of nitriles is 1. The van der Waals surface area contributed by atoms with E-state index < -0.39 is 0 Å². The molecular weight excluding hydrogens is 256 g/mol. The summed E-state index contributed by atoms with van der Waals surface area (Å²) in [6, 6.07) is 10.5. The van der Waals surface area contributed by atoms with Crippen molar-refractivity contribution in [2.45, 2.75) is 13.8 Å². The Kier molecular flexibility index (Phi) is 4.06. The van der Waals surface area contributed by atoms with Crippen LogP contribution in [0.5, 0.6) is 5.75 Å². The van der Waals surface area contributed by atoms with E-state index in [1.165, 1.54) is 0 Å². The Morgan fingerprint density at radius 2 is 2.20 bits per heavy atom. The van der Waals surface area contributed by atoms with E-state index in [0.717, 1.165) is 0 Å². The van der Waals surface area contributed by atoms with Crippen LogP contribution >= 0.6 is 0 Å². The van der Waals surface area contributed by atoms with Gasteiger partial charge in [0.15, 0.2) is 6.61 Å². The van der Waals surface area contributed by atoms with Crippen LogP contribution in [0.3, 0.4) is 0 Å². The maximum atomic E-state index is 12.1. The van der Waals surface area contributed by atoms with Gasteiger partial charge in [0.1, 0.15) is 23.3 Å². The minimum Gasteiger partial charge on any atom is -0.479 e. The van der Waals surface area contributed by atoms with E-state index >= 15 is 0 Å². The number of nitrogens with one attached hydrogen (secondary N) is 1. The molecule has 0 radical (unpaired) electrons. The van der Waals surface area contributed by atoms with Gasteiger partial charge >= 0.3 is 0 Å². The predicted molar refractivity (Wildman–Crippen MR) is 73.7 cm³/mol. The average Bonchev–Trinajstić information content (AvgIpc) is 2.76. The molecule has 102 valence electrons. The summed E-state index contributed by atoms with van der Waals surface area (Å²) in [5.41, 5.74) is 1.11. The average molecular weight is 270 g/mol. The third-order valence-electron chi connectivity index (χ3n) is 2.68. The third kappa shape index (κ3) is 3.18. The van der Waals surface area contributed by atoms with Crippen LogP contribution in [-0.4, -0.2) is 12.5 Å². The minimum atomic E-state index is -0.239. The van der Waals surface area contributed by atoms with Crippen molar-refractivity contribution in [3.63, 3.8) is 0 Å². The molecule has 1 aromatic carbocycles. The molecule has 0 saturated carbocycles. The van der Waals surface area contributed by atoms with Crippen molar-refractivity contribution in [3.05, 3.63) is 47.4 Å². The number of hydrogen-bond donors (Lipinski definition) is 1. The summed E-state index contributed by atoms with van der Waals surface area (Å²) < 4.78 is 10.5. The Bertz CT molecular complexity index is 668. The van der Waals surface area contributed by atoms with Crippen molar-refractivity contribution in [2.24, 2.45) is 0 Å². The molecule has 1 heterocycles. The molecule has 0 spiro atoms. The topological polar surface area (TPSA) is 75.3 Å². The lowest BCUT2D eigenvalue weighted by Gasteiger charge is -2.06. The van der Waals surface area contributed by atoms with Gasteiger partial charge in [0.05, 0.1) is 5.56 Å². The number of benzene rings is 1. The first-order valence-corrected chi connectivity index (χ1v) is 6.08. The van der Waals surface area contributed by atoms with Crippen molar-refractivity contribution in [1.29, 1.82) is 5.26 Å². The van der Waals surface area contributed by atoms with Crippen LogP contribution in [0.15, 0.2) is 34.7 Å². The SMILES string of the molecule is Cc1cc(C(=O)Nc2cccc(OCC#N)c2)c(C)o1. The summed E-state index contributed by atoms with van der Waals surface area (Å²) in [5, 5.41) is 11.2. The fourth-order valence-electron chi connectivity index (χ4n) is 1.83. The lowest BCUT2D eigenvalue weighted by Crippen LogP contribution is -2.12. The molecule has 2 aromatic rings. The molecule has 0 bridgehead atoms. The smallest absolute Gasteiger partial charge is 0.259 e. The first-order valence-electron chi connectivity index (χ1n) is 6.08. The standard InChI is InChI=1S/C15H14N2O3/c1-10-8-14(11(2)20-10)15(18)17-12-4-3-5-13(9-12)19-7-6-16/h3-5,8-9H,7H2,1-2H3,(H,17,18). The number of carbonyl (C=O) groups excluding carboxylic acids is 1. The van der Waals surface area contributed by atoms with Gasteiger partial charge in [-0.05, 0) is 32.0 Å². The molecule has 0 aliphatic rings. The quantitative estimate of drug-likeness (QED) is 0.926. The highest BCUT2D eigenvalue weighted by Gasteiger charge is 2.13. The highest BCUT2D eigenvalue weighted by molar-refractivity contribution is 6.05. The first kappa shape index (κ1) is 13.7. The number of carbonyl (C=O) groups is 1. The van der Waals surface area contributed by atoms with Crippen LogP contribution in [0.2, 0.25) is 0 Å². The molecule has 20 heavy (non-hydrogen) atoms. The van der Waals surface area contributed by atoms with E-state index in [1.54, 1.807) is 44.2 Å². The molecular formula is C15H14N2O3. The first-order chi connectivity index (χ1) is 9.60. The molecule has 1 amide bonds. The minimum absolute atomic E-state index is 0.0303. The molecule has 1 N–H and O–H groups in total. The highest BCUT2D eigenvalue weighted by Crippen LogP contribution is 2.20. The number of amides is 1. The lowest BCUT2D eigenvalue weighted by atomic mass is 10.2. The monoisotopic (exact) mass is 270 g/mol. The maximum absolute atomic E-state index is 12.1. The number of anilines is 1. The summed E-state index contributed by atoms with van der Waals surface area (Å²) in [6.45, 7) is 3.51. The fraction of sp³-hybridized carbons (Fsp3) is 0.200. The van der Waals surface area contributed by atoms with E-state index in [1.807, 2.05) is 6.07 Å². The Hall–Kier alpha value is -2.74. The van der Waals surface area contributed by atoms with Gasteiger partial charge in [-0.1, -0.05) is 6.07 Å². The Morgan fingerprint density at radius 1 is 1.40 bits per heavy atom. The highest BCUT2D eigenvalue weighted by atomic mass is 16.5. The fourth-order valence-corrected chi connectivity index (χ4v) is 1.83. The van der Waals surface area contributed by atoms with Crippen molar-refractivity contribution in [3.8, 4) is 11.8 Å². The lowest BCUT2D eigenvalue weighted by molar-refractivity contribution is 0.102. The summed E-state index contributed by atoms with van der Waals surface area (Å²) >= 11 is 0. The number of rotatable bonds is 4. The Labute approximate surface area is 116 Å². The number of furan rings is 1. The van der Waals surface area contributed by atoms with Crippen molar-refractivity contribution in [1.82, 2.24) is 0 Å². The second-order valence-corrected chi connectivity index (χ2v) is 4.26. The third-order valence-corrected chi connectivity index (χ3v) is 2.68. The van der Waals surface area contributed by atoms with Gasteiger partial charge in [-0.25, -0.2) is 0 Å². The van der Waals surface area contributed by atoms with E-state index in [4.69, 9.17) is 14.4 Å². The van der Waals surface area contributed by atoms with Crippen LogP contribution < -0.4 is 10.1 Å². The second kappa shape index (κ2) is 5.93. The van der Waals surface area contributed by atoms with Crippen LogP contribution in [0.25, 0.3) is 0 Å². The van der Waals surface area contributed by atoms with E-state index in [2.05, 4.69) is 5.32 Å². The molecule has 0 saturated heterocycles. The molecule has 0 fully saturated rings. The van der Waals surface area contributed by atoms with Crippen LogP contribution in [0, 0.1) is 25.2 Å². The summed E-state index contributed by atoms with van der Waals surface area (Å²) in [5.74, 6) is 1.57. The Morgan fingerprint density at radius 3 is 2.85 bits per heavy atom. The molecule has 0 atom stereocenters. The van der Waals surface area contributed by atoms with Crippen LogP contribution in [-0.2, 0) is 0 Å². The van der Waals surface area contributed by atoms with Crippen LogP contribution in [0.4, 0.5) is 5.69 Å². The maximum Gasteiger partial charge on any atom is 0.259 e.